The average Bonchev–Trinajstić information content (AvgIpc) is 3.39. The fourth-order valence-corrected chi connectivity index (χ4v) is 7.05. The van der Waals surface area contributed by atoms with Gasteiger partial charge in [-0.25, -0.2) is 4.68 Å². The number of aromatic nitrogens is 5. The third-order valence-corrected chi connectivity index (χ3v) is 9.52. The minimum atomic E-state index is -0.177. The second kappa shape index (κ2) is 9.92. The van der Waals surface area contributed by atoms with Gasteiger partial charge in [0.25, 0.3) is 5.56 Å². The summed E-state index contributed by atoms with van der Waals surface area (Å²) in [6.07, 6.45) is 9.60. The molecule has 3 heterocycles. The summed E-state index contributed by atoms with van der Waals surface area (Å²) in [4.78, 5) is 17.6. The van der Waals surface area contributed by atoms with Crippen LogP contribution in [0.25, 0.3) is 21.7 Å². The Balaban J connectivity index is 1.37. The standard InChI is InChI=1S/C34H34ClN7O/c1-33(2,3)19-38-30-22(16-36)17-37-31-27(30)11-20(12-28(31)35)10-26(29-18-42(40-39-29)34-13-21(14-34)15-34)23-6-5-7-25-24(23)8-9-41(4)32(25)43/h5-9,11-12,17-18,21,26H,10,13-15,19H2,1-4H3,(H,37,38). The average molecular weight is 592 g/mol. The molecule has 0 amide bonds. The number of hydrogen-bond acceptors (Lipinski definition) is 6. The Morgan fingerprint density at radius 2 is 1.95 bits per heavy atom. The van der Waals surface area contributed by atoms with Crippen LogP contribution in [0.15, 0.2) is 59.8 Å². The number of anilines is 1. The predicted octanol–water partition coefficient (Wildman–Crippen LogP) is 6.54. The van der Waals surface area contributed by atoms with Gasteiger partial charge in [0.2, 0.25) is 0 Å². The summed E-state index contributed by atoms with van der Waals surface area (Å²) in [7, 11) is 1.77. The molecular formula is C34H34ClN7O. The second-order valence-electron chi connectivity index (χ2n) is 13.6. The minimum Gasteiger partial charge on any atom is -0.383 e. The highest BCUT2D eigenvalue weighted by molar-refractivity contribution is 6.35. The number of hydrogen-bond donors (Lipinski definition) is 1. The zero-order valence-corrected chi connectivity index (χ0v) is 25.6. The van der Waals surface area contributed by atoms with Crippen molar-refractivity contribution in [3.63, 3.8) is 0 Å². The van der Waals surface area contributed by atoms with Crippen molar-refractivity contribution >= 4 is 39.0 Å². The van der Waals surface area contributed by atoms with E-state index in [1.807, 2.05) is 30.5 Å². The smallest absolute Gasteiger partial charge is 0.258 e. The molecule has 2 aromatic carbocycles. The van der Waals surface area contributed by atoms with E-state index >= 15 is 0 Å². The van der Waals surface area contributed by atoms with Crippen LogP contribution < -0.4 is 10.9 Å². The van der Waals surface area contributed by atoms with E-state index in [9.17, 15) is 10.1 Å². The highest BCUT2D eigenvalue weighted by Crippen LogP contribution is 2.62. The van der Waals surface area contributed by atoms with Gasteiger partial charge < -0.3 is 9.88 Å². The zero-order valence-electron chi connectivity index (χ0n) is 24.9. The molecule has 9 heteroatoms. The molecule has 0 saturated heterocycles. The van der Waals surface area contributed by atoms with E-state index in [2.05, 4.69) is 65.4 Å². The largest absolute Gasteiger partial charge is 0.383 e. The van der Waals surface area contributed by atoms with Crippen molar-refractivity contribution in [2.75, 3.05) is 11.9 Å². The van der Waals surface area contributed by atoms with Gasteiger partial charge in [-0.15, -0.1) is 5.10 Å². The van der Waals surface area contributed by atoms with Gasteiger partial charge >= 0.3 is 0 Å². The fraction of sp³-hybridized carbons (Fsp3) is 0.382. The van der Waals surface area contributed by atoms with E-state index in [1.54, 1.807) is 17.8 Å². The maximum absolute atomic E-state index is 13.1. The van der Waals surface area contributed by atoms with Gasteiger partial charge in [-0.05, 0) is 77.8 Å². The van der Waals surface area contributed by atoms with Crippen molar-refractivity contribution in [3.8, 4) is 6.07 Å². The molecule has 5 aromatic rings. The molecule has 3 aliphatic rings. The number of nitrogens with one attached hydrogen (secondary N) is 1. The SMILES string of the molecule is Cn1ccc2c(C(Cc3cc(Cl)c4ncc(C#N)c(NCC(C)(C)C)c4c3)c3cn(C45CC(C4)C5)nn3)cccc2c1=O. The molecule has 3 fully saturated rings. The summed E-state index contributed by atoms with van der Waals surface area (Å²) in [6, 6.07) is 14.3. The van der Waals surface area contributed by atoms with Gasteiger partial charge in [0.1, 0.15) is 6.07 Å². The quantitative estimate of drug-likeness (QED) is 0.230. The molecule has 3 aliphatic carbocycles. The molecule has 1 atom stereocenters. The summed E-state index contributed by atoms with van der Waals surface area (Å²) >= 11 is 6.87. The maximum Gasteiger partial charge on any atom is 0.258 e. The number of pyridine rings is 2. The van der Waals surface area contributed by atoms with Gasteiger partial charge in [0.15, 0.2) is 0 Å². The molecule has 43 heavy (non-hydrogen) atoms. The highest BCUT2D eigenvalue weighted by atomic mass is 35.5. The molecule has 218 valence electrons. The van der Waals surface area contributed by atoms with Crippen LogP contribution in [0.1, 0.15) is 68.3 Å². The summed E-state index contributed by atoms with van der Waals surface area (Å²) in [6.45, 7) is 7.13. The first-order valence-electron chi connectivity index (χ1n) is 14.8. The minimum absolute atomic E-state index is 0.00641. The van der Waals surface area contributed by atoms with Crippen LogP contribution in [0.4, 0.5) is 5.69 Å². The van der Waals surface area contributed by atoms with Crippen LogP contribution in [-0.4, -0.2) is 31.1 Å². The lowest BCUT2D eigenvalue weighted by Gasteiger charge is -2.61. The van der Waals surface area contributed by atoms with Crippen molar-refractivity contribution in [1.82, 2.24) is 24.5 Å². The zero-order chi connectivity index (χ0) is 30.1. The molecule has 0 radical (unpaired) electrons. The first-order chi connectivity index (χ1) is 20.5. The number of halogens is 1. The molecule has 3 saturated carbocycles. The van der Waals surface area contributed by atoms with Crippen molar-refractivity contribution in [2.24, 2.45) is 18.4 Å². The molecule has 1 unspecified atom stereocenters. The van der Waals surface area contributed by atoms with Gasteiger partial charge in [0.05, 0.1) is 33.0 Å². The first-order valence-corrected chi connectivity index (χ1v) is 15.2. The van der Waals surface area contributed by atoms with E-state index in [1.165, 1.54) is 19.3 Å². The Morgan fingerprint density at radius 3 is 2.65 bits per heavy atom. The Morgan fingerprint density at radius 1 is 1.16 bits per heavy atom. The van der Waals surface area contributed by atoms with Crippen LogP contribution >= 0.6 is 11.6 Å². The number of nitriles is 1. The summed E-state index contributed by atoms with van der Waals surface area (Å²) in [5.41, 5.74) is 4.84. The highest BCUT2D eigenvalue weighted by Gasteiger charge is 2.58. The number of benzene rings is 2. The molecule has 8 rings (SSSR count). The van der Waals surface area contributed by atoms with E-state index in [0.29, 0.717) is 34.5 Å². The molecule has 0 aliphatic heterocycles. The normalized spacial score (nSPS) is 20.0. The number of nitrogens with zero attached hydrogens (tertiary/aromatic N) is 6. The predicted molar refractivity (Wildman–Crippen MR) is 169 cm³/mol. The lowest BCUT2D eigenvalue weighted by Crippen LogP contribution is -2.59. The maximum atomic E-state index is 13.1. The Labute approximate surface area is 255 Å². The lowest BCUT2D eigenvalue weighted by molar-refractivity contribution is -0.0989. The third kappa shape index (κ3) is 4.67. The van der Waals surface area contributed by atoms with E-state index in [0.717, 1.165) is 39.2 Å². The fourth-order valence-electron chi connectivity index (χ4n) is 6.76. The van der Waals surface area contributed by atoms with Crippen LogP contribution in [-0.2, 0) is 19.0 Å². The monoisotopic (exact) mass is 591 g/mol. The Hall–Kier alpha value is -4.22. The molecule has 3 aromatic heterocycles. The van der Waals surface area contributed by atoms with Crippen molar-refractivity contribution in [1.29, 1.82) is 5.26 Å². The van der Waals surface area contributed by atoms with Crippen molar-refractivity contribution in [2.45, 2.75) is 57.9 Å². The van der Waals surface area contributed by atoms with Gasteiger partial charge in [-0.3, -0.25) is 9.78 Å². The number of rotatable bonds is 7. The number of fused-ring (bicyclic) bond motifs is 2. The van der Waals surface area contributed by atoms with Crippen LogP contribution in [0.3, 0.4) is 0 Å². The van der Waals surface area contributed by atoms with E-state index in [-0.39, 0.29) is 22.4 Å². The Bertz CT molecular complexity index is 2000. The second-order valence-corrected chi connectivity index (χ2v) is 14.0. The van der Waals surface area contributed by atoms with Crippen molar-refractivity contribution in [3.05, 3.63) is 92.7 Å². The van der Waals surface area contributed by atoms with Gasteiger partial charge in [0, 0.05) is 48.9 Å². The Kier molecular flexibility index (Phi) is 6.37. The van der Waals surface area contributed by atoms with Crippen molar-refractivity contribution < 1.29 is 0 Å². The molecule has 8 nitrogen and oxygen atoms in total. The summed E-state index contributed by atoms with van der Waals surface area (Å²) < 4.78 is 3.68. The topological polar surface area (TPSA) is 101 Å². The molecule has 2 bridgehead atoms. The molecular weight excluding hydrogens is 558 g/mol. The third-order valence-electron chi connectivity index (χ3n) is 9.23. The molecule has 0 spiro atoms. The first kappa shape index (κ1) is 27.6. The van der Waals surface area contributed by atoms with E-state index in [4.69, 9.17) is 16.7 Å². The summed E-state index contributed by atoms with van der Waals surface area (Å²) in [5, 5.41) is 25.7. The number of aryl methyl sites for hydroxylation is 1. The van der Waals surface area contributed by atoms with Crippen LogP contribution in [0.5, 0.6) is 0 Å². The van der Waals surface area contributed by atoms with Crippen LogP contribution in [0.2, 0.25) is 5.02 Å². The lowest BCUT2D eigenvalue weighted by atomic mass is 9.50. The summed E-state index contributed by atoms with van der Waals surface area (Å²) in [5.74, 6) is 0.647. The van der Waals surface area contributed by atoms with Gasteiger partial charge in [-0.1, -0.05) is 49.7 Å². The molecule has 1 N–H and O–H groups in total. The van der Waals surface area contributed by atoms with E-state index < -0.39 is 0 Å². The van der Waals surface area contributed by atoms with Crippen LogP contribution in [0, 0.1) is 22.7 Å². The van der Waals surface area contributed by atoms with Gasteiger partial charge in [-0.2, -0.15) is 5.26 Å².